The predicted octanol–water partition coefficient (Wildman–Crippen LogP) is 2.88. The van der Waals surface area contributed by atoms with E-state index in [1.165, 1.54) is 23.2 Å². The molecule has 94 valence electrons. The highest BCUT2D eigenvalue weighted by atomic mass is 15.2. The van der Waals surface area contributed by atoms with Gasteiger partial charge in [0.15, 0.2) is 0 Å². The van der Waals surface area contributed by atoms with Gasteiger partial charge in [-0.2, -0.15) is 0 Å². The van der Waals surface area contributed by atoms with Crippen LogP contribution in [0, 0.1) is 13.8 Å². The van der Waals surface area contributed by atoms with Crippen LogP contribution in [0.15, 0.2) is 18.2 Å². The zero-order valence-corrected chi connectivity index (χ0v) is 11.7. The van der Waals surface area contributed by atoms with Crippen molar-refractivity contribution < 1.29 is 0 Å². The van der Waals surface area contributed by atoms with Gasteiger partial charge in [-0.3, -0.25) is 0 Å². The lowest BCUT2D eigenvalue weighted by atomic mass is 10.0. The van der Waals surface area contributed by atoms with Crippen molar-refractivity contribution in [1.29, 1.82) is 0 Å². The predicted molar refractivity (Wildman–Crippen MR) is 74.8 cm³/mol. The fourth-order valence-corrected chi connectivity index (χ4v) is 2.77. The summed E-state index contributed by atoms with van der Waals surface area (Å²) in [4.78, 5) is 2.42. The van der Waals surface area contributed by atoms with Crippen molar-refractivity contribution in [2.45, 2.75) is 45.7 Å². The summed E-state index contributed by atoms with van der Waals surface area (Å²) in [6.07, 6.45) is 1.20. The average molecular weight is 232 g/mol. The molecule has 1 saturated heterocycles. The number of benzene rings is 1. The minimum absolute atomic E-state index is 0.276. The number of hydrogen-bond acceptors (Lipinski definition) is 2. The summed E-state index contributed by atoms with van der Waals surface area (Å²) in [5.74, 6) is 0. The molecule has 0 bridgehead atoms. The van der Waals surface area contributed by atoms with E-state index in [1.54, 1.807) is 0 Å². The lowest BCUT2D eigenvalue weighted by molar-refractivity contribution is 0.454. The van der Waals surface area contributed by atoms with Gasteiger partial charge in [-0.15, -0.1) is 0 Å². The van der Waals surface area contributed by atoms with E-state index in [1.807, 2.05) is 0 Å². The van der Waals surface area contributed by atoms with Gasteiger partial charge in [-0.25, -0.2) is 0 Å². The standard InChI is InChI=1S/C15H24N2/c1-11-6-12(2)8-13(7-11)17(5)14-9-15(3,4)16-10-14/h6-8,14,16H,9-10H2,1-5H3. The Labute approximate surface area is 105 Å². The molecule has 1 fully saturated rings. The Morgan fingerprint density at radius 1 is 1.18 bits per heavy atom. The van der Waals surface area contributed by atoms with Gasteiger partial charge >= 0.3 is 0 Å². The number of aryl methyl sites for hydroxylation is 2. The minimum Gasteiger partial charge on any atom is -0.370 e. The number of likely N-dealkylation sites (N-methyl/N-ethyl adjacent to an activating group) is 1. The maximum absolute atomic E-state index is 3.58. The molecule has 2 rings (SSSR count). The first-order valence-electron chi connectivity index (χ1n) is 6.43. The number of nitrogens with zero attached hydrogens (tertiary/aromatic N) is 1. The zero-order chi connectivity index (χ0) is 12.6. The van der Waals surface area contributed by atoms with Crippen molar-refractivity contribution in [3.05, 3.63) is 29.3 Å². The summed E-state index contributed by atoms with van der Waals surface area (Å²) >= 11 is 0. The van der Waals surface area contributed by atoms with E-state index < -0.39 is 0 Å². The van der Waals surface area contributed by atoms with Crippen LogP contribution in [0.4, 0.5) is 5.69 Å². The lowest BCUT2D eigenvalue weighted by Gasteiger charge is -2.28. The maximum atomic E-state index is 3.58. The largest absolute Gasteiger partial charge is 0.370 e. The minimum atomic E-state index is 0.276. The first kappa shape index (κ1) is 12.4. The van der Waals surface area contributed by atoms with E-state index >= 15 is 0 Å². The molecule has 1 N–H and O–H groups in total. The van der Waals surface area contributed by atoms with Crippen molar-refractivity contribution in [3.63, 3.8) is 0 Å². The normalized spacial score (nSPS) is 22.8. The highest BCUT2D eigenvalue weighted by Gasteiger charge is 2.32. The smallest absolute Gasteiger partial charge is 0.0428 e. The molecule has 1 unspecified atom stereocenters. The summed E-state index contributed by atoms with van der Waals surface area (Å²) in [5, 5.41) is 3.58. The van der Waals surface area contributed by atoms with Crippen LogP contribution >= 0.6 is 0 Å². The Morgan fingerprint density at radius 2 is 1.76 bits per heavy atom. The number of anilines is 1. The van der Waals surface area contributed by atoms with Crippen LogP contribution in [-0.2, 0) is 0 Å². The van der Waals surface area contributed by atoms with Crippen LogP contribution < -0.4 is 10.2 Å². The second-order valence-corrected chi connectivity index (χ2v) is 6.08. The van der Waals surface area contributed by atoms with Gasteiger partial charge in [0, 0.05) is 30.9 Å². The van der Waals surface area contributed by atoms with Crippen molar-refractivity contribution >= 4 is 5.69 Å². The Morgan fingerprint density at radius 3 is 2.24 bits per heavy atom. The third kappa shape index (κ3) is 2.81. The number of rotatable bonds is 2. The molecule has 2 heteroatoms. The number of nitrogens with one attached hydrogen (secondary N) is 1. The average Bonchev–Trinajstić information content (AvgIpc) is 2.56. The van der Waals surface area contributed by atoms with E-state index in [0.717, 1.165) is 6.54 Å². The van der Waals surface area contributed by atoms with Gasteiger partial charge in [-0.05, 0) is 57.4 Å². The molecular formula is C15H24N2. The van der Waals surface area contributed by atoms with E-state index in [9.17, 15) is 0 Å². The highest BCUT2D eigenvalue weighted by Crippen LogP contribution is 2.26. The van der Waals surface area contributed by atoms with Crippen LogP contribution in [0.25, 0.3) is 0 Å². The Bertz CT molecular complexity index is 389. The van der Waals surface area contributed by atoms with Crippen molar-refractivity contribution in [2.24, 2.45) is 0 Å². The van der Waals surface area contributed by atoms with E-state index in [2.05, 4.69) is 63.2 Å². The first-order chi connectivity index (χ1) is 7.87. The fraction of sp³-hybridized carbons (Fsp3) is 0.600. The summed E-state index contributed by atoms with van der Waals surface area (Å²) in [5.41, 5.74) is 4.30. The van der Waals surface area contributed by atoms with Crippen LogP contribution in [0.1, 0.15) is 31.4 Å². The quantitative estimate of drug-likeness (QED) is 0.843. The highest BCUT2D eigenvalue weighted by molar-refractivity contribution is 5.51. The van der Waals surface area contributed by atoms with E-state index in [4.69, 9.17) is 0 Å². The Kier molecular flexibility index (Phi) is 3.17. The summed E-state index contributed by atoms with van der Waals surface area (Å²) in [6, 6.07) is 7.39. The van der Waals surface area contributed by atoms with Crippen LogP contribution in [-0.4, -0.2) is 25.2 Å². The molecule has 1 aliphatic rings. The monoisotopic (exact) mass is 232 g/mol. The second kappa shape index (κ2) is 4.34. The van der Waals surface area contributed by atoms with Gasteiger partial charge in [0.1, 0.15) is 0 Å². The van der Waals surface area contributed by atoms with E-state index in [-0.39, 0.29) is 5.54 Å². The fourth-order valence-electron chi connectivity index (χ4n) is 2.77. The lowest BCUT2D eigenvalue weighted by Crippen LogP contribution is -2.33. The third-order valence-corrected chi connectivity index (χ3v) is 3.72. The Hall–Kier alpha value is -1.02. The SMILES string of the molecule is Cc1cc(C)cc(N(C)C2CNC(C)(C)C2)c1. The van der Waals surface area contributed by atoms with Crippen LogP contribution in [0.2, 0.25) is 0 Å². The Balaban J connectivity index is 2.17. The topological polar surface area (TPSA) is 15.3 Å². The molecule has 1 heterocycles. The molecule has 0 radical (unpaired) electrons. The molecule has 0 spiro atoms. The van der Waals surface area contributed by atoms with E-state index in [0.29, 0.717) is 6.04 Å². The van der Waals surface area contributed by atoms with Crippen molar-refractivity contribution in [2.75, 3.05) is 18.5 Å². The summed E-state index contributed by atoms with van der Waals surface area (Å²) in [7, 11) is 2.21. The van der Waals surface area contributed by atoms with Crippen LogP contribution in [0.3, 0.4) is 0 Å². The summed E-state index contributed by atoms with van der Waals surface area (Å²) in [6.45, 7) is 9.98. The zero-order valence-electron chi connectivity index (χ0n) is 11.7. The van der Waals surface area contributed by atoms with Gasteiger partial charge in [0.05, 0.1) is 0 Å². The molecule has 2 nitrogen and oxygen atoms in total. The second-order valence-electron chi connectivity index (χ2n) is 6.08. The molecule has 1 aromatic carbocycles. The van der Waals surface area contributed by atoms with Gasteiger partial charge < -0.3 is 10.2 Å². The van der Waals surface area contributed by atoms with Crippen LogP contribution in [0.5, 0.6) is 0 Å². The van der Waals surface area contributed by atoms with Gasteiger partial charge in [0.2, 0.25) is 0 Å². The van der Waals surface area contributed by atoms with Gasteiger partial charge in [0.25, 0.3) is 0 Å². The molecule has 1 atom stereocenters. The first-order valence-corrected chi connectivity index (χ1v) is 6.43. The molecule has 0 aliphatic carbocycles. The molecule has 1 aromatic rings. The molecular weight excluding hydrogens is 208 g/mol. The molecule has 0 aromatic heterocycles. The molecule has 1 aliphatic heterocycles. The van der Waals surface area contributed by atoms with Crippen molar-refractivity contribution in [3.8, 4) is 0 Å². The van der Waals surface area contributed by atoms with Gasteiger partial charge in [-0.1, -0.05) is 6.07 Å². The summed E-state index contributed by atoms with van der Waals surface area (Å²) < 4.78 is 0. The molecule has 0 amide bonds. The third-order valence-electron chi connectivity index (χ3n) is 3.72. The molecule has 0 saturated carbocycles. The molecule has 17 heavy (non-hydrogen) atoms. The maximum Gasteiger partial charge on any atom is 0.0428 e. The number of hydrogen-bond donors (Lipinski definition) is 1. The van der Waals surface area contributed by atoms with Crippen molar-refractivity contribution in [1.82, 2.24) is 5.32 Å².